The van der Waals surface area contributed by atoms with Crippen LogP contribution in [0.3, 0.4) is 0 Å². The highest BCUT2D eigenvalue weighted by molar-refractivity contribution is 8.16. The fraction of sp³-hybridized carbons (Fsp3) is 0.364. The van der Waals surface area contributed by atoms with Gasteiger partial charge in [0.2, 0.25) is 0 Å². The Balaban J connectivity index is 2.88. The van der Waals surface area contributed by atoms with Crippen molar-refractivity contribution < 1.29 is 13.7 Å². The van der Waals surface area contributed by atoms with E-state index in [1.54, 1.807) is 24.6 Å². The van der Waals surface area contributed by atoms with Crippen LogP contribution in [0, 0.1) is 0 Å². The maximum atomic E-state index is 11.4. The summed E-state index contributed by atoms with van der Waals surface area (Å²) in [6.07, 6.45) is 5.36. The summed E-state index contributed by atoms with van der Waals surface area (Å²) < 4.78 is 17.1. The third kappa shape index (κ3) is 4.29. The Morgan fingerprint density at radius 3 is 2.88 bits per heavy atom. The van der Waals surface area contributed by atoms with Gasteiger partial charge in [0.15, 0.2) is 0 Å². The van der Waals surface area contributed by atoms with Crippen LogP contribution in [0.5, 0.6) is 0 Å². The van der Waals surface area contributed by atoms with Crippen molar-refractivity contribution in [3.63, 3.8) is 0 Å². The molecule has 6 heteroatoms. The highest BCUT2D eigenvalue weighted by Gasteiger charge is 2.09. The average Bonchev–Trinajstić information content (AvgIpc) is 2.74. The van der Waals surface area contributed by atoms with E-state index in [4.69, 9.17) is 4.74 Å². The van der Waals surface area contributed by atoms with E-state index < -0.39 is 10.8 Å². The minimum Gasteiger partial charge on any atom is -0.462 e. The Morgan fingerprint density at radius 1 is 1.65 bits per heavy atom. The molecular formula is C11H14O3S3. The number of thiophene rings is 1. The summed E-state index contributed by atoms with van der Waals surface area (Å²) in [4.78, 5) is 12.4. The van der Waals surface area contributed by atoms with Crippen LogP contribution < -0.4 is 0 Å². The van der Waals surface area contributed by atoms with Crippen LogP contribution in [-0.2, 0) is 15.5 Å². The maximum absolute atomic E-state index is 11.4. The number of carbonyl (C=O) groups excluding carboxylic acids is 1. The first-order valence-corrected chi connectivity index (χ1v) is 8.59. The third-order valence-corrected chi connectivity index (χ3v) is 5.16. The van der Waals surface area contributed by atoms with Gasteiger partial charge in [-0.15, -0.1) is 23.1 Å². The first-order chi connectivity index (χ1) is 8.08. The normalized spacial score (nSPS) is 13.5. The van der Waals surface area contributed by atoms with Crippen LogP contribution in [0.25, 0.3) is 6.08 Å². The SMILES string of the molecule is CCOC(=O)c1csc(C=C(SC)S(C)=O)c1. The number of thioether (sulfide) groups is 1. The molecule has 0 saturated carbocycles. The molecule has 1 aromatic heterocycles. The maximum Gasteiger partial charge on any atom is 0.338 e. The molecule has 0 saturated heterocycles. The van der Waals surface area contributed by atoms with Gasteiger partial charge < -0.3 is 4.74 Å². The predicted molar refractivity (Wildman–Crippen MR) is 75.8 cm³/mol. The molecule has 0 radical (unpaired) electrons. The van der Waals surface area contributed by atoms with E-state index in [0.29, 0.717) is 12.2 Å². The molecule has 0 aliphatic heterocycles. The number of rotatable bonds is 5. The molecule has 0 fully saturated rings. The molecule has 17 heavy (non-hydrogen) atoms. The molecule has 0 spiro atoms. The van der Waals surface area contributed by atoms with Gasteiger partial charge in [-0.2, -0.15) is 0 Å². The smallest absolute Gasteiger partial charge is 0.338 e. The fourth-order valence-corrected chi connectivity index (χ4v) is 3.56. The van der Waals surface area contributed by atoms with E-state index in [2.05, 4.69) is 0 Å². The zero-order valence-electron chi connectivity index (χ0n) is 9.89. The van der Waals surface area contributed by atoms with Crippen molar-refractivity contribution >= 4 is 45.9 Å². The van der Waals surface area contributed by atoms with Crippen molar-refractivity contribution in [3.8, 4) is 0 Å². The Bertz CT molecular complexity index is 449. The van der Waals surface area contributed by atoms with Gasteiger partial charge in [-0.3, -0.25) is 4.21 Å². The first kappa shape index (κ1) is 14.5. The first-order valence-electron chi connectivity index (χ1n) is 4.93. The van der Waals surface area contributed by atoms with Gasteiger partial charge in [0.05, 0.1) is 27.2 Å². The molecule has 1 atom stereocenters. The van der Waals surface area contributed by atoms with Crippen LogP contribution in [-0.4, -0.2) is 29.3 Å². The van der Waals surface area contributed by atoms with E-state index in [1.807, 2.05) is 12.3 Å². The molecule has 0 bridgehead atoms. The topological polar surface area (TPSA) is 43.4 Å². The number of hydrogen-bond donors (Lipinski definition) is 0. The summed E-state index contributed by atoms with van der Waals surface area (Å²) in [7, 11) is -0.994. The van der Waals surface area contributed by atoms with Crippen LogP contribution >= 0.6 is 23.1 Å². The lowest BCUT2D eigenvalue weighted by atomic mass is 10.3. The molecule has 1 unspecified atom stereocenters. The Kier molecular flexibility index (Phi) is 5.94. The van der Waals surface area contributed by atoms with E-state index in [0.717, 1.165) is 9.11 Å². The monoisotopic (exact) mass is 290 g/mol. The summed E-state index contributed by atoms with van der Waals surface area (Å²) >= 11 is 2.89. The molecule has 1 rings (SSSR count). The third-order valence-electron chi connectivity index (χ3n) is 1.88. The van der Waals surface area contributed by atoms with Crippen molar-refractivity contribution in [2.24, 2.45) is 0 Å². The highest BCUT2D eigenvalue weighted by Crippen LogP contribution is 2.24. The van der Waals surface area contributed by atoms with Gasteiger partial charge in [0.25, 0.3) is 0 Å². The number of esters is 1. The van der Waals surface area contributed by atoms with Crippen LogP contribution in [0.1, 0.15) is 22.2 Å². The van der Waals surface area contributed by atoms with Crippen LogP contribution in [0.4, 0.5) is 0 Å². The molecule has 0 aliphatic rings. The second kappa shape index (κ2) is 6.98. The highest BCUT2D eigenvalue weighted by atomic mass is 32.2. The lowest BCUT2D eigenvalue weighted by Gasteiger charge is -1.97. The lowest BCUT2D eigenvalue weighted by Crippen LogP contribution is -2.02. The van der Waals surface area contributed by atoms with Crippen molar-refractivity contribution in [2.45, 2.75) is 6.92 Å². The molecule has 3 nitrogen and oxygen atoms in total. The van der Waals surface area contributed by atoms with Gasteiger partial charge in [-0.1, -0.05) is 0 Å². The van der Waals surface area contributed by atoms with Crippen molar-refractivity contribution in [2.75, 3.05) is 19.1 Å². The van der Waals surface area contributed by atoms with Crippen molar-refractivity contribution in [1.82, 2.24) is 0 Å². The van der Waals surface area contributed by atoms with Crippen molar-refractivity contribution in [3.05, 3.63) is 26.1 Å². The largest absolute Gasteiger partial charge is 0.462 e. The molecule has 0 aromatic carbocycles. The molecule has 0 N–H and O–H groups in total. The molecule has 0 amide bonds. The van der Waals surface area contributed by atoms with Gasteiger partial charge in [0, 0.05) is 16.5 Å². The minimum absolute atomic E-state index is 0.313. The number of ether oxygens (including phenoxy) is 1. The van der Waals surface area contributed by atoms with E-state index in [1.165, 1.54) is 23.1 Å². The summed E-state index contributed by atoms with van der Waals surface area (Å²) in [5, 5.41) is 1.75. The summed E-state index contributed by atoms with van der Waals surface area (Å²) in [6, 6.07) is 1.76. The Labute approximate surface area is 112 Å². The number of hydrogen-bond acceptors (Lipinski definition) is 5. The Hall–Kier alpha value is -0.590. The number of carbonyl (C=O) groups is 1. The van der Waals surface area contributed by atoms with Gasteiger partial charge in [-0.05, 0) is 25.3 Å². The minimum atomic E-state index is -0.994. The average molecular weight is 290 g/mol. The van der Waals surface area contributed by atoms with E-state index in [9.17, 15) is 9.00 Å². The molecule has 94 valence electrons. The molecule has 1 aromatic rings. The van der Waals surface area contributed by atoms with E-state index >= 15 is 0 Å². The fourth-order valence-electron chi connectivity index (χ4n) is 1.13. The van der Waals surface area contributed by atoms with Gasteiger partial charge in [-0.25, -0.2) is 4.79 Å². The standard InChI is InChI=1S/C11H14O3S3/c1-4-14-11(12)8-5-9(16-7-8)6-10(15-2)17(3)13/h5-7H,4H2,1-3H3. The summed E-state index contributed by atoms with van der Waals surface area (Å²) in [5.74, 6) is -0.313. The van der Waals surface area contributed by atoms with Crippen LogP contribution in [0.2, 0.25) is 0 Å². The van der Waals surface area contributed by atoms with Gasteiger partial charge in [0.1, 0.15) is 0 Å². The molecule has 1 heterocycles. The van der Waals surface area contributed by atoms with E-state index in [-0.39, 0.29) is 5.97 Å². The predicted octanol–water partition coefficient (Wildman–Crippen LogP) is 2.96. The lowest BCUT2D eigenvalue weighted by molar-refractivity contribution is 0.0527. The molecule has 0 aliphatic carbocycles. The quantitative estimate of drug-likeness (QED) is 0.782. The van der Waals surface area contributed by atoms with Gasteiger partial charge >= 0.3 is 5.97 Å². The zero-order chi connectivity index (χ0) is 12.8. The summed E-state index contributed by atoms with van der Waals surface area (Å²) in [5.41, 5.74) is 0.547. The van der Waals surface area contributed by atoms with Crippen LogP contribution in [0.15, 0.2) is 15.7 Å². The second-order valence-electron chi connectivity index (χ2n) is 3.08. The zero-order valence-corrected chi connectivity index (χ0v) is 12.3. The van der Waals surface area contributed by atoms with Crippen molar-refractivity contribution in [1.29, 1.82) is 0 Å². The molecular weight excluding hydrogens is 276 g/mol. The second-order valence-corrected chi connectivity index (χ2v) is 6.48. The summed E-state index contributed by atoms with van der Waals surface area (Å²) in [6.45, 7) is 2.14. The Morgan fingerprint density at radius 2 is 2.35 bits per heavy atom.